The molecular formula is C12H7F2NO5S. The fourth-order valence-corrected chi connectivity index (χ4v) is 2.37. The van der Waals surface area contributed by atoms with E-state index < -0.39 is 31.6 Å². The molecule has 0 N–H and O–H groups in total. The first-order valence-electron chi connectivity index (χ1n) is 5.43. The van der Waals surface area contributed by atoms with Crippen molar-refractivity contribution in [1.82, 2.24) is 0 Å². The Bertz CT molecular complexity index is 790. The average Bonchev–Trinajstić information content (AvgIpc) is 2.42. The molecule has 2 aromatic rings. The Kier molecular flexibility index (Phi) is 3.85. The number of nitrogens with zero attached hydrogens (tertiary/aromatic N) is 1. The highest BCUT2D eigenvalue weighted by atomic mass is 32.2. The third kappa shape index (κ3) is 3.31. The second-order valence-electron chi connectivity index (χ2n) is 3.86. The lowest BCUT2D eigenvalue weighted by molar-refractivity contribution is -0.384. The highest BCUT2D eigenvalue weighted by molar-refractivity contribution is 7.87. The van der Waals surface area contributed by atoms with Crippen molar-refractivity contribution in [3.05, 3.63) is 64.2 Å². The Morgan fingerprint density at radius 3 is 2.14 bits per heavy atom. The molecule has 0 heterocycles. The smallest absolute Gasteiger partial charge is 0.339 e. The first-order valence-corrected chi connectivity index (χ1v) is 6.84. The summed E-state index contributed by atoms with van der Waals surface area (Å²) < 4.78 is 54.1. The normalized spacial score (nSPS) is 11.1. The van der Waals surface area contributed by atoms with Gasteiger partial charge in [-0.3, -0.25) is 10.1 Å². The first-order chi connectivity index (χ1) is 9.79. The fraction of sp³-hybridized carbons (Fsp3) is 0. The van der Waals surface area contributed by atoms with Crippen LogP contribution in [0.25, 0.3) is 0 Å². The van der Waals surface area contributed by atoms with Crippen LogP contribution in [0.1, 0.15) is 0 Å². The Morgan fingerprint density at radius 2 is 1.62 bits per heavy atom. The number of hydrogen-bond donors (Lipinski definition) is 0. The number of rotatable bonds is 4. The Labute approximate surface area is 117 Å². The first kappa shape index (κ1) is 14.9. The van der Waals surface area contributed by atoms with Gasteiger partial charge in [-0.2, -0.15) is 8.42 Å². The molecule has 0 radical (unpaired) electrons. The molecule has 21 heavy (non-hydrogen) atoms. The topological polar surface area (TPSA) is 86.5 Å². The van der Waals surface area contributed by atoms with Gasteiger partial charge in [0.05, 0.1) is 4.92 Å². The van der Waals surface area contributed by atoms with Gasteiger partial charge in [0, 0.05) is 12.1 Å². The Balaban J connectivity index is 2.28. The minimum absolute atomic E-state index is 0.190. The largest absolute Gasteiger partial charge is 0.379 e. The quantitative estimate of drug-likeness (QED) is 0.492. The summed E-state index contributed by atoms with van der Waals surface area (Å²) in [6.07, 6.45) is 0. The van der Waals surface area contributed by atoms with Crippen molar-refractivity contribution >= 4 is 15.8 Å². The molecule has 0 bridgehead atoms. The number of hydrogen-bond acceptors (Lipinski definition) is 5. The van der Waals surface area contributed by atoms with Crippen molar-refractivity contribution in [1.29, 1.82) is 0 Å². The molecule has 0 aliphatic carbocycles. The summed E-state index contributed by atoms with van der Waals surface area (Å²) in [5, 5.41) is 10.5. The molecule has 0 aromatic heterocycles. The van der Waals surface area contributed by atoms with Crippen LogP contribution >= 0.6 is 0 Å². The third-order valence-electron chi connectivity index (χ3n) is 2.43. The maximum Gasteiger partial charge on any atom is 0.339 e. The maximum atomic E-state index is 13.0. The van der Waals surface area contributed by atoms with Crippen molar-refractivity contribution < 1.29 is 26.3 Å². The summed E-state index contributed by atoms with van der Waals surface area (Å²) in [6, 6.07) is 6.24. The van der Waals surface area contributed by atoms with E-state index in [1.807, 2.05) is 0 Å². The molecule has 9 heteroatoms. The molecule has 0 saturated heterocycles. The number of halogens is 2. The highest BCUT2D eigenvalue weighted by Crippen LogP contribution is 2.22. The summed E-state index contributed by atoms with van der Waals surface area (Å²) in [7, 11) is -4.36. The molecule has 110 valence electrons. The van der Waals surface area contributed by atoms with Crippen LogP contribution < -0.4 is 4.18 Å². The standard InChI is InChI=1S/C12H7F2NO5S/c13-11-6-5-10(7-12(11)14)21(18,19)20-9-3-1-8(2-4-9)15(16)17/h1-7H. The van der Waals surface area contributed by atoms with Crippen molar-refractivity contribution in [2.75, 3.05) is 0 Å². The Hall–Kier alpha value is -2.55. The molecule has 0 atom stereocenters. The lowest BCUT2D eigenvalue weighted by atomic mass is 10.3. The maximum absolute atomic E-state index is 13.0. The molecule has 0 aliphatic heterocycles. The molecule has 0 unspecified atom stereocenters. The van der Waals surface area contributed by atoms with Gasteiger partial charge in [-0.25, -0.2) is 8.78 Å². The molecule has 0 amide bonds. The van der Waals surface area contributed by atoms with Gasteiger partial charge in [-0.05, 0) is 30.3 Å². The average molecular weight is 315 g/mol. The van der Waals surface area contributed by atoms with Crippen molar-refractivity contribution in [2.45, 2.75) is 4.90 Å². The van der Waals surface area contributed by atoms with E-state index in [0.29, 0.717) is 12.1 Å². The van der Waals surface area contributed by atoms with Crippen molar-refractivity contribution in [3.8, 4) is 5.75 Å². The Morgan fingerprint density at radius 1 is 1.00 bits per heavy atom. The molecule has 2 rings (SSSR count). The van der Waals surface area contributed by atoms with Gasteiger partial charge >= 0.3 is 10.1 Å². The summed E-state index contributed by atoms with van der Waals surface area (Å²) >= 11 is 0. The predicted octanol–water partition coefficient (Wildman–Crippen LogP) is 2.64. The summed E-state index contributed by atoms with van der Waals surface area (Å²) in [5.74, 6) is -2.71. The monoisotopic (exact) mass is 315 g/mol. The molecule has 0 aliphatic rings. The molecular weight excluding hydrogens is 308 g/mol. The zero-order valence-electron chi connectivity index (χ0n) is 10.2. The van der Waals surface area contributed by atoms with Crippen LogP contribution in [0.3, 0.4) is 0 Å². The van der Waals surface area contributed by atoms with Gasteiger partial charge in [0.25, 0.3) is 5.69 Å². The summed E-state index contributed by atoms with van der Waals surface area (Å²) in [6.45, 7) is 0. The third-order valence-corrected chi connectivity index (χ3v) is 3.68. The van der Waals surface area contributed by atoms with Crippen molar-refractivity contribution in [3.63, 3.8) is 0 Å². The van der Waals surface area contributed by atoms with E-state index in [0.717, 1.165) is 30.3 Å². The number of nitro groups is 1. The molecule has 6 nitrogen and oxygen atoms in total. The highest BCUT2D eigenvalue weighted by Gasteiger charge is 2.19. The fourth-order valence-electron chi connectivity index (χ4n) is 1.43. The van der Waals surface area contributed by atoms with Crippen LogP contribution in [0.5, 0.6) is 5.75 Å². The van der Waals surface area contributed by atoms with Gasteiger partial charge in [-0.1, -0.05) is 0 Å². The van der Waals surface area contributed by atoms with Gasteiger partial charge in [0.15, 0.2) is 11.6 Å². The van der Waals surface area contributed by atoms with E-state index in [1.165, 1.54) is 0 Å². The van der Waals surface area contributed by atoms with E-state index in [-0.39, 0.29) is 11.4 Å². The summed E-state index contributed by atoms with van der Waals surface area (Å²) in [5.41, 5.74) is -0.243. The van der Waals surface area contributed by atoms with Gasteiger partial charge in [-0.15, -0.1) is 0 Å². The molecule has 2 aromatic carbocycles. The van der Waals surface area contributed by atoms with Gasteiger partial charge in [0.2, 0.25) is 0 Å². The van der Waals surface area contributed by atoms with Crippen LogP contribution in [-0.2, 0) is 10.1 Å². The van der Waals surface area contributed by atoms with Crippen LogP contribution in [0.2, 0.25) is 0 Å². The van der Waals surface area contributed by atoms with Crippen LogP contribution in [0.15, 0.2) is 47.4 Å². The van der Waals surface area contributed by atoms with Crippen LogP contribution in [0, 0.1) is 21.7 Å². The number of non-ortho nitro benzene ring substituents is 1. The van der Waals surface area contributed by atoms with E-state index in [2.05, 4.69) is 4.18 Å². The zero-order valence-corrected chi connectivity index (χ0v) is 11.0. The minimum atomic E-state index is -4.36. The van der Waals surface area contributed by atoms with E-state index in [1.54, 1.807) is 0 Å². The van der Waals surface area contributed by atoms with E-state index in [9.17, 15) is 27.3 Å². The predicted molar refractivity (Wildman–Crippen MR) is 67.3 cm³/mol. The molecule has 0 fully saturated rings. The van der Waals surface area contributed by atoms with Crippen molar-refractivity contribution in [2.24, 2.45) is 0 Å². The van der Waals surface area contributed by atoms with Crippen LogP contribution in [0.4, 0.5) is 14.5 Å². The lowest BCUT2D eigenvalue weighted by Crippen LogP contribution is -2.10. The summed E-state index contributed by atoms with van der Waals surface area (Å²) in [4.78, 5) is 9.23. The minimum Gasteiger partial charge on any atom is -0.379 e. The van der Waals surface area contributed by atoms with Crippen LogP contribution in [-0.4, -0.2) is 13.3 Å². The lowest BCUT2D eigenvalue weighted by Gasteiger charge is -2.07. The van der Waals surface area contributed by atoms with Gasteiger partial charge < -0.3 is 4.18 Å². The van der Waals surface area contributed by atoms with Gasteiger partial charge in [0.1, 0.15) is 10.6 Å². The zero-order chi connectivity index (χ0) is 15.6. The number of benzene rings is 2. The SMILES string of the molecule is O=[N+]([O-])c1ccc(OS(=O)(=O)c2ccc(F)c(F)c2)cc1. The van der Waals surface area contributed by atoms with E-state index in [4.69, 9.17) is 0 Å². The number of nitro benzene ring substituents is 1. The second kappa shape index (κ2) is 5.44. The second-order valence-corrected chi connectivity index (χ2v) is 5.41. The van der Waals surface area contributed by atoms with E-state index >= 15 is 0 Å². The molecule has 0 spiro atoms. The molecule has 0 saturated carbocycles.